The zero-order valence-electron chi connectivity index (χ0n) is 21.8. The molecule has 2 atom stereocenters. The molecule has 4 heterocycles. The zero-order chi connectivity index (χ0) is 24.9. The Bertz CT molecular complexity index is 1320. The molecule has 2 aliphatic heterocycles. The molecule has 1 aromatic carbocycles. The predicted molar refractivity (Wildman–Crippen MR) is 139 cm³/mol. The number of carbonyl (C=O) groups is 1. The lowest BCUT2D eigenvalue weighted by molar-refractivity contribution is -0.120. The van der Waals surface area contributed by atoms with E-state index in [0.29, 0.717) is 29.7 Å². The van der Waals surface area contributed by atoms with Gasteiger partial charge in [-0.3, -0.25) is 4.79 Å². The van der Waals surface area contributed by atoms with Crippen molar-refractivity contribution in [2.24, 2.45) is 5.92 Å². The molecule has 0 bridgehead atoms. The van der Waals surface area contributed by atoms with Crippen molar-refractivity contribution in [1.82, 2.24) is 10.2 Å². The van der Waals surface area contributed by atoms with E-state index >= 15 is 0 Å². The first-order valence-corrected chi connectivity index (χ1v) is 13.1. The summed E-state index contributed by atoms with van der Waals surface area (Å²) in [6.45, 7) is 13.4. The van der Waals surface area contributed by atoms with Crippen molar-refractivity contribution >= 4 is 27.8 Å². The van der Waals surface area contributed by atoms with Gasteiger partial charge in [-0.1, -0.05) is 27.2 Å². The van der Waals surface area contributed by atoms with Gasteiger partial charge in [0.2, 0.25) is 5.91 Å². The maximum Gasteiger partial charge on any atom is 0.340 e. The Hall–Kier alpha value is -2.60. The molecule has 188 valence electrons. The number of hydrogen-bond acceptors (Lipinski definition) is 5. The largest absolute Gasteiger partial charge is 0.464 e. The number of hydrogen-bond donors (Lipinski definition) is 1. The van der Waals surface area contributed by atoms with Gasteiger partial charge in [0, 0.05) is 34.5 Å². The highest BCUT2D eigenvalue weighted by molar-refractivity contribution is 6.00. The molecule has 6 nitrogen and oxygen atoms in total. The normalized spacial score (nSPS) is 21.4. The van der Waals surface area contributed by atoms with Gasteiger partial charge in [0.1, 0.15) is 11.2 Å². The maximum atomic E-state index is 13.0. The van der Waals surface area contributed by atoms with Crippen LogP contribution < -0.4 is 10.9 Å². The summed E-state index contributed by atoms with van der Waals surface area (Å²) in [5, 5.41) is 5.04. The summed E-state index contributed by atoms with van der Waals surface area (Å²) in [7, 11) is 0. The summed E-state index contributed by atoms with van der Waals surface area (Å²) in [4.78, 5) is 28.5. The fourth-order valence-electron chi connectivity index (χ4n) is 6.26. The van der Waals surface area contributed by atoms with E-state index in [1.165, 1.54) is 38.8 Å². The van der Waals surface area contributed by atoms with Gasteiger partial charge in [-0.25, -0.2) is 4.79 Å². The van der Waals surface area contributed by atoms with Crippen LogP contribution in [0.3, 0.4) is 0 Å². The van der Waals surface area contributed by atoms with E-state index in [0.717, 1.165) is 39.5 Å². The molecule has 6 heteroatoms. The molecule has 2 saturated heterocycles. The summed E-state index contributed by atoms with van der Waals surface area (Å²) >= 11 is 0. The molecular formula is C29H38N2O4. The topological polar surface area (TPSA) is 75.7 Å². The molecule has 3 aromatic rings. The van der Waals surface area contributed by atoms with E-state index in [1.54, 1.807) is 6.26 Å². The minimum absolute atomic E-state index is 0.0415. The van der Waals surface area contributed by atoms with Gasteiger partial charge in [0.05, 0.1) is 18.2 Å². The summed E-state index contributed by atoms with van der Waals surface area (Å²) in [5.74, 6) is 0.388. The van der Waals surface area contributed by atoms with Gasteiger partial charge in [0.15, 0.2) is 0 Å². The van der Waals surface area contributed by atoms with Crippen molar-refractivity contribution in [3.63, 3.8) is 0 Å². The van der Waals surface area contributed by atoms with Crippen LogP contribution in [0.4, 0.5) is 0 Å². The third-order valence-electron chi connectivity index (χ3n) is 8.28. The molecule has 0 radical (unpaired) electrons. The summed E-state index contributed by atoms with van der Waals surface area (Å²) < 4.78 is 11.7. The van der Waals surface area contributed by atoms with Crippen molar-refractivity contribution in [2.75, 3.05) is 19.6 Å². The van der Waals surface area contributed by atoms with Crippen LogP contribution in [-0.2, 0) is 16.6 Å². The summed E-state index contributed by atoms with van der Waals surface area (Å²) in [5.41, 5.74) is 3.96. The van der Waals surface area contributed by atoms with E-state index in [1.807, 2.05) is 13.8 Å². The molecule has 0 spiro atoms. The average Bonchev–Trinajstić information content (AvgIpc) is 3.26. The first kappa shape index (κ1) is 24.1. The second-order valence-electron chi connectivity index (χ2n) is 11.6. The van der Waals surface area contributed by atoms with Gasteiger partial charge in [-0.15, -0.1) is 0 Å². The van der Waals surface area contributed by atoms with E-state index in [-0.39, 0.29) is 17.7 Å². The predicted octanol–water partition coefficient (Wildman–Crippen LogP) is 5.38. The molecule has 0 saturated carbocycles. The van der Waals surface area contributed by atoms with E-state index < -0.39 is 5.63 Å². The van der Waals surface area contributed by atoms with Crippen LogP contribution >= 0.6 is 0 Å². The molecular weight excluding hydrogens is 440 g/mol. The number of nitrogens with zero attached hydrogens (tertiary/aromatic N) is 1. The average molecular weight is 479 g/mol. The van der Waals surface area contributed by atoms with Crippen molar-refractivity contribution in [3.05, 3.63) is 45.0 Å². The molecule has 0 aliphatic carbocycles. The van der Waals surface area contributed by atoms with Crippen molar-refractivity contribution in [2.45, 2.75) is 84.6 Å². The highest BCUT2D eigenvalue weighted by atomic mass is 16.4. The van der Waals surface area contributed by atoms with Crippen molar-refractivity contribution in [1.29, 1.82) is 0 Å². The Labute approximate surface area is 207 Å². The molecule has 1 N–H and O–H groups in total. The first-order chi connectivity index (χ1) is 16.6. The lowest BCUT2D eigenvalue weighted by Crippen LogP contribution is -2.51. The number of amides is 1. The maximum absolute atomic E-state index is 13.0. The molecule has 1 amide bonds. The second-order valence-corrected chi connectivity index (χ2v) is 11.6. The van der Waals surface area contributed by atoms with Crippen LogP contribution in [0.1, 0.15) is 75.1 Å². The van der Waals surface area contributed by atoms with Crippen LogP contribution in [0.2, 0.25) is 0 Å². The zero-order valence-corrected chi connectivity index (χ0v) is 21.8. The lowest BCUT2D eigenvalue weighted by atomic mass is 9.83. The fraction of sp³-hybridized carbons (Fsp3) is 0.586. The number of nitrogens with one attached hydrogen (secondary N) is 1. The van der Waals surface area contributed by atoms with Gasteiger partial charge in [-0.05, 0) is 75.6 Å². The highest BCUT2D eigenvalue weighted by Gasteiger charge is 2.33. The summed E-state index contributed by atoms with van der Waals surface area (Å²) in [6.07, 6.45) is 8.00. The number of piperidine rings is 2. The van der Waals surface area contributed by atoms with Crippen molar-refractivity contribution in [3.8, 4) is 0 Å². The van der Waals surface area contributed by atoms with Crippen molar-refractivity contribution < 1.29 is 13.6 Å². The number of carbonyl (C=O) groups excluding carboxylic acids is 1. The summed E-state index contributed by atoms with van der Waals surface area (Å²) in [6, 6.07) is 2.64. The Balaban J connectivity index is 1.40. The van der Waals surface area contributed by atoms with Crippen LogP contribution in [0.25, 0.3) is 21.9 Å². The van der Waals surface area contributed by atoms with Gasteiger partial charge in [0.25, 0.3) is 0 Å². The molecule has 2 aliphatic rings. The smallest absolute Gasteiger partial charge is 0.340 e. The number of rotatable bonds is 4. The quantitative estimate of drug-likeness (QED) is 0.510. The third-order valence-corrected chi connectivity index (χ3v) is 8.28. The second kappa shape index (κ2) is 9.12. The van der Waals surface area contributed by atoms with E-state index in [9.17, 15) is 9.59 Å². The van der Waals surface area contributed by atoms with Gasteiger partial charge >= 0.3 is 5.63 Å². The fourth-order valence-corrected chi connectivity index (χ4v) is 6.26. The third kappa shape index (κ3) is 4.42. The highest BCUT2D eigenvalue weighted by Crippen LogP contribution is 2.37. The van der Waals surface area contributed by atoms with E-state index in [4.69, 9.17) is 8.83 Å². The lowest BCUT2D eigenvalue weighted by Gasteiger charge is -2.44. The molecule has 2 fully saturated rings. The van der Waals surface area contributed by atoms with Crippen LogP contribution in [0.15, 0.2) is 26.0 Å². The van der Waals surface area contributed by atoms with E-state index in [2.05, 4.69) is 37.1 Å². The molecule has 2 aromatic heterocycles. The standard InChI is InChI=1S/C29H38N2O4/c1-17-20-13-22-23(29(3,4)5)16-34-26(22)18(2)27(20)35-28(33)21(17)14-25(32)30-15-19-9-8-12-31-11-7-6-10-24(19)31/h13,16,19,24H,6-12,14-15H2,1-5H3,(H,30,32)/t19-,24+/m0/s1. The minimum Gasteiger partial charge on any atom is -0.464 e. The Morgan fingerprint density at radius 2 is 1.83 bits per heavy atom. The SMILES string of the molecule is Cc1c(CC(=O)NC[C@@H]2CCCN3CCCC[C@H]23)c(=O)oc2c(C)c3occ(C(C)(C)C)c3cc12. The van der Waals surface area contributed by atoms with Crippen LogP contribution in [-0.4, -0.2) is 36.5 Å². The number of aryl methyl sites for hydroxylation is 2. The Kier molecular flexibility index (Phi) is 6.28. The Morgan fingerprint density at radius 3 is 2.60 bits per heavy atom. The number of benzene rings is 1. The van der Waals surface area contributed by atoms with Gasteiger partial charge < -0.3 is 19.1 Å². The Morgan fingerprint density at radius 1 is 1.06 bits per heavy atom. The molecule has 35 heavy (non-hydrogen) atoms. The van der Waals surface area contributed by atoms with Crippen LogP contribution in [0.5, 0.6) is 0 Å². The number of fused-ring (bicyclic) bond motifs is 3. The molecule has 5 rings (SSSR count). The molecule has 0 unspecified atom stereocenters. The number of furan rings is 1. The minimum atomic E-state index is -0.439. The van der Waals surface area contributed by atoms with Crippen LogP contribution in [0, 0.1) is 19.8 Å². The monoisotopic (exact) mass is 478 g/mol. The first-order valence-electron chi connectivity index (χ1n) is 13.1. The van der Waals surface area contributed by atoms with Gasteiger partial charge in [-0.2, -0.15) is 0 Å².